The maximum absolute atomic E-state index is 13.4. The van der Waals surface area contributed by atoms with E-state index >= 15 is 0 Å². The van der Waals surface area contributed by atoms with Gasteiger partial charge in [0.2, 0.25) is 0 Å². The molecule has 0 N–H and O–H groups in total. The molecule has 4 rings (SSSR count). The Kier molecular flexibility index (Phi) is 6.58. The fraction of sp³-hybridized carbons (Fsp3) is 0.333. The molecule has 2 aromatic carbocycles. The van der Waals surface area contributed by atoms with Crippen LogP contribution in [-0.4, -0.2) is 42.6 Å². The van der Waals surface area contributed by atoms with Crippen molar-refractivity contribution < 1.29 is 39.1 Å². The molecule has 2 saturated heterocycles. The van der Waals surface area contributed by atoms with Gasteiger partial charge in [0.15, 0.2) is 5.75 Å². The molecule has 2 heterocycles. The molecule has 0 bridgehead atoms. The molecular formula is C18H18ClFO8S2. The molecule has 0 aliphatic carbocycles. The van der Waals surface area contributed by atoms with Crippen molar-refractivity contribution in [1.29, 1.82) is 0 Å². The Morgan fingerprint density at radius 1 is 0.933 bits per heavy atom. The lowest BCUT2D eigenvalue weighted by Gasteiger charge is -2.05. The van der Waals surface area contributed by atoms with E-state index in [2.05, 4.69) is 8.37 Å². The monoisotopic (exact) mass is 480 g/mol. The lowest BCUT2D eigenvalue weighted by Crippen LogP contribution is -2.06. The number of halogens is 2. The van der Waals surface area contributed by atoms with E-state index in [-0.39, 0.29) is 28.7 Å². The quantitative estimate of drug-likeness (QED) is 0.458. The average Bonchev–Trinajstić information content (AvgIpc) is 3.48. The summed E-state index contributed by atoms with van der Waals surface area (Å²) in [7, 11) is -7.14. The van der Waals surface area contributed by atoms with E-state index in [9.17, 15) is 21.2 Å². The minimum absolute atomic E-state index is 0.0283. The van der Waals surface area contributed by atoms with E-state index < -0.39 is 26.1 Å². The molecule has 0 aromatic heterocycles. The molecule has 2 fully saturated rings. The Morgan fingerprint density at radius 2 is 1.53 bits per heavy atom. The van der Waals surface area contributed by atoms with Crippen LogP contribution in [-0.2, 0) is 29.7 Å². The van der Waals surface area contributed by atoms with Crippen molar-refractivity contribution in [3.05, 3.63) is 58.4 Å². The van der Waals surface area contributed by atoms with Gasteiger partial charge < -0.3 is 17.8 Å². The lowest BCUT2D eigenvalue weighted by molar-refractivity contribution is 0.407. The van der Waals surface area contributed by atoms with Crippen LogP contribution in [0.25, 0.3) is 0 Å². The van der Waals surface area contributed by atoms with Gasteiger partial charge in [-0.1, -0.05) is 17.7 Å². The van der Waals surface area contributed by atoms with Gasteiger partial charge in [-0.2, -0.15) is 16.8 Å². The summed E-state index contributed by atoms with van der Waals surface area (Å²) < 4.78 is 75.9. The van der Waals surface area contributed by atoms with Gasteiger partial charge in [0, 0.05) is 11.6 Å². The molecule has 12 heteroatoms. The van der Waals surface area contributed by atoms with Crippen molar-refractivity contribution in [2.75, 3.05) is 25.7 Å². The van der Waals surface area contributed by atoms with Gasteiger partial charge in [0.1, 0.15) is 23.8 Å². The first-order valence-corrected chi connectivity index (χ1v) is 12.5. The average molecular weight is 481 g/mol. The molecule has 2 unspecified atom stereocenters. The van der Waals surface area contributed by atoms with Crippen LogP contribution in [0.5, 0.6) is 11.5 Å². The summed E-state index contributed by atoms with van der Waals surface area (Å²) in [6.45, 7) is 1.19. The van der Waals surface area contributed by atoms with Crippen LogP contribution < -0.4 is 8.37 Å². The number of rotatable bonds is 6. The lowest BCUT2D eigenvalue weighted by atomic mass is 10.1. The molecule has 0 spiro atoms. The second-order valence-electron chi connectivity index (χ2n) is 6.59. The van der Waals surface area contributed by atoms with E-state index in [4.69, 9.17) is 21.1 Å². The Balaban J connectivity index is 0.000000171. The summed E-state index contributed by atoms with van der Waals surface area (Å²) in [6, 6.07) is 8.83. The fourth-order valence-corrected chi connectivity index (χ4v) is 3.61. The number of benzene rings is 2. The molecule has 2 aliphatic heterocycles. The molecule has 164 valence electrons. The predicted molar refractivity (Wildman–Crippen MR) is 106 cm³/mol. The SMILES string of the molecule is CS(=O)(=O)Oc1ccc(C2CO2)c(F)c1.CS(=O)(=O)Oc1ccc(C2CO2)cc1Cl. The van der Waals surface area contributed by atoms with Crippen LogP contribution in [0.1, 0.15) is 23.3 Å². The van der Waals surface area contributed by atoms with Crippen LogP contribution in [0.3, 0.4) is 0 Å². The normalized spacial score (nSPS) is 20.0. The third kappa shape index (κ3) is 7.10. The van der Waals surface area contributed by atoms with Crippen molar-refractivity contribution in [1.82, 2.24) is 0 Å². The minimum Gasteiger partial charge on any atom is -0.382 e. The molecule has 0 saturated carbocycles. The van der Waals surface area contributed by atoms with Crippen LogP contribution in [0.4, 0.5) is 4.39 Å². The number of ether oxygens (including phenoxy) is 2. The summed E-state index contributed by atoms with van der Waals surface area (Å²) in [5.74, 6) is -0.401. The highest BCUT2D eigenvalue weighted by atomic mass is 35.5. The van der Waals surface area contributed by atoms with Gasteiger partial charge in [-0.05, 0) is 29.8 Å². The predicted octanol–water partition coefficient (Wildman–Crippen LogP) is 2.99. The fourth-order valence-electron chi connectivity index (χ4n) is 2.41. The van der Waals surface area contributed by atoms with E-state index in [1.54, 1.807) is 12.1 Å². The Bertz CT molecular complexity index is 1140. The van der Waals surface area contributed by atoms with Crippen molar-refractivity contribution in [2.45, 2.75) is 12.2 Å². The van der Waals surface area contributed by atoms with Gasteiger partial charge in [-0.3, -0.25) is 0 Å². The number of hydrogen-bond donors (Lipinski definition) is 0. The first-order chi connectivity index (χ1) is 13.9. The maximum Gasteiger partial charge on any atom is 0.306 e. The Hall–Kier alpha value is -1.92. The topological polar surface area (TPSA) is 112 Å². The standard InChI is InChI=1S/C9H9ClO4S.C9H9FO4S/c1-15(11,12)14-8-3-2-6(4-7(8)10)9-5-13-9;1-15(11,12)14-6-2-3-7(8(10)4-6)9-5-13-9/h2*2-4,9H,5H2,1H3. The molecular weight excluding hydrogens is 463 g/mol. The molecule has 0 amide bonds. The van der Waals surface area contributed by atoms with Crippen molar-refractivity contribution >= 4 is 31.8 Å². The highest BCUT2D eigenvalue weighted by Gasteiger charge is 2.28. The third-order valence-electron chi connectivity index (χ3n) is 3.80. The van der Waals surface area contributed by atoms with Gasteiger partial charge in [-0.15, -0.1) is 0 Å². The largest absolute Gasteiger partial charge is 0.382 e. The number of hydrogen-bond acceptors (Lipinski definition) is 8. The van der Waals surface area contributed by atoms with Crippen molar-refractivity contribution in [3.63, 3.8) is 0 Å². The molecule has 2 aliphatic rings. The summed E-state index contributed by atoms with van der Waals surface area (Å²) in [4.78, 5) is 0. The Labute approximate surface area is 178 Å². The molecule has 2 aromatic rings. The van der Waals surface area contributed by atoms with Crippen LogP contribution in [0, 0.1) is 5.82 Å². The van der Waals surface area contributed by atoms with Gasteiger partial charge in [0.25, 0.3) is 0 Å². The van der Waals surface area contributed by atoms with Gasteiger partial charge in [0.05, 0.1) is 30.7 Å². The third-order valence-corrected chi connectivity index (χ3v) is 5.07. The minimum atomic E-state index is -3.61. The first kappa shape index (κ1) is 22.8. The molecule has 2 atom stereocenters. The van der Waals surface area contributed by atoms with Crippen molar-refractivity contribution in [3.8, 4) is 11.5 Å². The van der Waals surface area contributed by atoms with Crippen LogP contribution >= 0.6 is 11.6 Å². The second-order valence-corrected chi connectivity index (χ2v) is 10.1. The first-order valence-electron chi connectivity index (χ1n) is 8.52. The maximum atomic E-state index is 13.4. The summed E-state index contributed by atoms with van der Waals surface area (Å²) in [5.41, 5.74) is 1.36. The van der Waals surface area contributed by atoms with E-state index in [0.717, 1.165) is 24.1 Å². The van der Waals surface area contributed by atoms with Crippen molar-refractivity contribution in [2.24, 2.45) is 0 Å². The zero-order valence-electron chi connectivity index (χ0n) is 15.9. The van der Waals surface area contributed by atoms with E-state index in [0.29, 0.717) is 18.8 Å². The molecule has 30 heavy (non-hydrogen) atoms. The van der Waals surface area contributed by atoms with Crippen LogP contribution in [0.15, 0.2) is 36.4 Å². The zero-order valence-corrected chi connectivity index (χ0v) is 18.3. The van der Waals surface area contributed by atoms with Gasteiger partial charge >= 0.3 is 20.2 Å². The summed E-state index contributed by atoms with van der Waals surface area (Å²) in [6.07, 6.45) is 1.77. The van der Waals surface area contributed by atoms with E-state index in [1.165, 1.54) is 18.2 Å². The Morgan fingerprint density at radius 3 is 2.00 bits per heavy atom. The molecule has 0 radical (unpaired) electrons. The highest BCUT2D eigenvalue weighted by Crippen LogP contribution is 2.35. The van der Waals surface area contributed by atoms with E-state index in [1.807, 2.05) is 0 Å². The second kappa shape index (κ2) is 8.67. The highest BCUT2D eigenvalue weighted by molar-refractivity contribution is 7.86. The van der Waals surface area contributed by atoms with Gasteiger partial charge in [-0.25, -0.2) is 4.39 Å². The number of epoxide rings is 2. The smallest absolute Gasteiger partial charge is 0.306 e. The summed E-state index contributed by atoms with van der Waals surface area (Å²) >= 11 is 5.86. The molecule has 8 nitrogen and oxygen atoms in total. The zero-order chi connectivity index (χ0) is 22.1. The van der Waals surface area contributed by atoms with Crippen LogP contribution in [0.2, 0.25) is 5.02 Å². The summed E-state index contributed by atoms with van der Waals surface area (Å²) in [5, 5.41) is 0.272.